The van der Waals surface area contributed by atoms with Crippen molar-refractivity contribution >= 4 is 18.0 Å². The van der Waals surface area contributed by atoms with Crippen LogP contribution in [0.2, 0.25) is 0 Å². The molecule has 6 nitrogen and oxygen atoms in total. The zero-order chi connectivity index (χ0) is 20.6. The van der Waals surface area contributed by atoms with Gasteiger partial charge >= 0.3 is 5.97 Å². The molecule has 3 rings (SSSR count). The lowest BCUT2D eigenvalue weighted by Gasteiger charge is -2.46. The molecule has 28 heavy (non-hydrogen) atoms. The number of carbonyl (C=O) groups excluding carboxylic acids is 1. The average Bonchev–Trinajstić information content (AvgIpc) is 3.11. The Morgan fingerprint density at radius 3 is 2.39 bits per heavy atom. The molecule has 3 fully saturated rings. The SMILES string of the molecule is CCCN(CCC)OOSCC12CCC(CC13OC(=O)[C@@](C)(CC)O3)C2(C)C. The van der Waals surface area contributed by atoms with Crippen molar-refractivity contribution < 1.29 is 23.6 Å². The Morgan fingerprint density at radius 2 is 1.86 bits per heavy atom. The molecule has 0 N–H and O–H groups in total. The molecule has 1 heterocycles. The molecule has 0 radical (unpaired) electrons. The van der Waals surface area contributed by atoms with Gasteiger partial charge in [0, 0.05) is 37.3 Å². The van der Waals surface area contributed by atoms with Gasteiger partial charge in [-0.1, -0.05) is 34.6 Å². The third kappa shape index (κ3) is 3.31. The summed E-state index contributed by atoms with van der Waals surface area (Å²) in [6, 6.07) is 0. The molecular formula is C21H37NO5S. The summed E-state index contributed by atoms with van der Waals surface area (Å²) in [6.07, 6.45) is 5.52. The third-order valence-corrected chi connectivity index (χ3v) is 8.38. The number of rotatable bonds is 10. The van der Waals surface area contributed by atoms with Gasteiger partial charge in [-0.2, -0.15) is 5.06 Å². The minimum Gasteiger partial charge on any atom is -0.430 e. The Labute approximate surface area is 174 Å². The van der Waals surface area contributed by atoms with Crippen LogP contribution in [0, 0.1) is 16.7 Å². The van der Waals surface area contributed by atoms with Crippen LogP contribution in [0.1, 0.15) is 80.1 Å². The Bertz CT molecular complexity index is 581. The highest BCUT2D eigenvalue weighted by atomic mass is 32.2. The lowest BCUT2D eigenvalue weighted by molar-refractivity contribution is -0.360. The standard InChI is InChI=1S/C21H37NO5S/c1-7-12-22(13-8-2)26-27-28-15-20-11-10-16(18(20,4)5)14-21(20)24-17(23)19(6,9-3)25-21/h16H,7-15H2,1-6H3/t16?,19-,20?,21?/m1/s1. The second-order valence-corrected chi connectivity index (χ2v) is 10.1. The number of esters is 1. The number of hydrogen-bond acceptors (Lipinski definition) is 7. The van der Waals surface area contributed by atoms with Gasteiger partial charge < -0.3 is 9.47 Å². The van der Waals surface area contributed by atoms with E-state index in [9.17, 15) is 4.79 Å². The van der Waals surface area contributed by atoms with Crippen molar-refractivity contribution in [2.75, 3.05) is 18.8 Å². The normalized spacial score (nSPS) is 38.7. The molecule has 7 heteroatoms. The van der Waals surface area contributed by atoms with Crippen LogP contribution in [-0.2, 0) is 23.6 Å². The molecule has 162 valence electrons. The monoisotopic (exact) mass is 415 g/mol. The molecule has 2 aliphatic carbocycles. The smallest absolute Gasteiger partial charge is 0.340 e. The molecule has 3 aliphatic rings. The van der Waals surface area contributed by atoms with Gasteiger partial charge in [0.05, 0.1) is 5.41 Å². The quantitative estimate of drug-likeness (QED) is 0.166. The van der Waals surface area contributed by atoms with Crippen LogP contribution < -0.4 is 0 Å². The van der Waals surface area contributed by atoms with Crippen LogP contribution in [0.5, 0.6) is 0 Å². The first-order chi connectivity index (χ1) is 13.2. The maximum Gasteiger partial charge on any atom is 0.340 e. The van der Waals surface area contributed by atoms with E-state index in [0.717, 1.165) is 45.2 Å². The topological polar surface area (TPSA) is 57.2 Å². The first-order valence-electron chi connectivity index (χ1n) is 10.8. The Hall–Kier alpha value is -0.340. The van der Waals surface area contributed by atoms with Crippen molar-refractivity contribution in [3.8, 4) is 0 Å². The summed E-state index contributed by atoms with van der Waals surface area (Å²) >= 11 is 1.32. The molecule has 2 bridgehead atoms. The van der Waals surface area contributed by atoms with Crippen LogP contribution in [0.25, 0.3) is 0 Å². The predicted molar refractivity (Wildman–Crippen MR) is 109 cm³/mol. The predicted octanol–water partition coefficient (Wildman–Crippen LogP) is 4.88. The van der Waals surface area contributed by atoms with Crippen LogP contribution in [0.15, 0.2) is 0 Å². The molecule has 1 saturated heterocycles. The van der Waals surface area contributed by atoms with Crippen LogP contribution in [0.3, 0.4) is 0 Å². The molecule has 2 saturated carbocycles. The fourth-order valence-electron chi connectivity index (χ4n) is 5.47. The fraction of sp³-hybridized carbons (Fsp3) is 0.952. The zero-order valence-electron chi connectivity index (χ0n) is 18.3. The molecule has 1 aliphatic heterocycles. The number of fused-ring (bicyclic) bond motifs is 3. The van der Waals surface area contributed by atoms with Gasteiger partial charge in [0.15, 0.2) is 5.60 Å². The van der Waals surface area contributed by atoms with Crippen molar-refractivity contribution in [2.45, 2.75) is 91.5 Å². The lowest BCUT2D eigenvalue weighted by Crippen LogP contribution is -2.53. The summed E-state index contributed by atoms with van der Waals surface area (Å²) in [5, 5.41) is 1.86. The summed E-state index contributed by atoms with van der Waals surface area (Å²) in [6.45, 7) is 14.3. The minimum atomic E-state index is -0.853. The maximum atomic E-state index is 12.7. The van der Waals surface area contributed by atoms with E-state index in [2.05, 4.69) is 27.7 Å². The summed E-state index contributed by atoms with van der Waals surface area (Å²) in [4.78, 5) is 18.2. The number of ether oxygens (including phenoxy) is 2. The minimum absolute atomic E-state index is 0.00908. The van der Waals surface area contributed by atoms with E-state index in [1.165, 1.54) is 12.0 Å². The van der Waals surface area contributed by atoms with Crippen molar-refractivity contribution in [1.29, 1.82) is 0 Å². The first kappa shape index (κ1) is 22.3. The van der Waals surface area contributed by atoms with E-state index < -0.39 is 11.4 Å². The van der Waals surface area contributed by atoms with Crippen molar-refractivity contribution in [3.63, 3.8) is 0 Å². The van der Waals surface area contributed by atoms with E-state index in [4.69, 9.17) is 18.8 Å². The summed E-state index contributed by atoms with van der Waals surface area (Å²) in [5.41, 5.74) is -1.12. The largest absolute Gasteiger partial charge is 0.430 e. The van der Waals surface area contributed by atoms with E-state index in [0.29, 0.717) is 18.1 Å². The number of hydroxylamine groups is 2. The number of hydrogen-bond donors (Lipinski definition) is 0. The Balaban J connectivity index is 1.72. The molecule has 0 amide bonds. The van der Waals surface area contributed by atoms with Gasteiger partial charge in [0.2, 0.25) is 5.79 Å². The number of nitrogens with zero attached hydrogens (tertiary/aromatic N) is 1. The van der Waals surface area contributed by atoms with E-state index in [1.807, 2.05) is 18.9 Å². The Morgan fingerprint density at radius 1 is 1.18 bits per heavy atom. The first-order valence-corrected chi connectivity index (χ1v) is 11.8. The summed E-state index contributed by atoms with van der Waals surface area (Å²) in [7, 11) is 0. The fourth-order valence-corrected chi connectivity index (χ4v) is 6.59. The highest BCUT2D eigenvalue weighted by molar-refractivity contribution is 7.94. The molecule has 3 unspecified atom stereocenters. The van der Waals surface area contributed by atoms with Crippen LogP contribution in [0.4, 0.5) is 0 Å². The highest BCUT2D eigenvalue weighted by Gasteiger charge is 2.77. The Kier molecular flexibility index (Phi) is 6.44. The summed E-state index contributed by atoms with van der Waals surface area (Å²) in [5.74, 6) is 0.0921. The van der Waals surface area contributed by atoms with Gasteiger partial charge in [-0.15, -0.1) is 9.32 Å². The molecule has 4 atom stereocenters. The van der Waals surface area contributed by atoms with Crippen LogP contribution >= 0.6 is 12.0 Å². The summed E-state index contributed by atoms with van der Waals surface area (Å²) < 4.78 is 18.1. The maximum absolute atomic E-state index is 12.7. The lowest BCUT2D eigenvalue weighted by atomic mass is 9.68. The zero-order valence-corrected chi connectivity index (χ0v) is 19.2. The van der Waals surface area contributed by atoms with Gasteiger partial charge in [-0.05, 0) is 50.4 Å². The second kappa shape index (κ2) is 8.06. The molecular weight excluding hydrogens is 378 g/mol. The van der Waals surface area contributed by atoms with Crippen molar-refractivity contribution in [3.05, 3.63) is 0 Å². The van der Waals surface area contributed by atoms with Crippen molar-refractivity contribution in [1.82, 2.24) is 5.06 Å². The third-order valence-electron chi connectivity index (χ3n) is 7.61. The van der Waals surface area contributed by atoms with E-state index in [1.54, 1.807) is 0 Å². The number of carbonyl (C=O) groups is 1. The van der Waals surface area contributed by atoms with Crippen LogP contribution in [-0.4, -0.2) is 41.3 Å². The van der Waals surface area contributed by atoms with Crippen molar-refractivity contribution in [2.24, 2.45) is 16.7 Å². The molecule has 0 aromatic carbocycles. The average molecular weight is 416 g/mol. The van der Waals surface area contributed by atoms with E-state index in [-0.39, 0.29) is 16.8 Å². The van der Waals surface area contributed by atoms with Gasteiger partial charge in [-0.3, -0.25) is 0 Å². The molecule has 1 spiro atoms. The van der Waals surface area contributed by atoms with Gasteiger partial charge in [0.1, 0.15) is 0 Å². The molecule has 0 aromatic rings. The second-order valence-electron chi connectivity index (χ2n) is 9.41. The van der Waals surface area contributed by atoms with Gasteiger partial charge in [-0.25, -0.2) is 4.79 Å². The molecule has 0 aromatic heterocycles. The van der Waals surface area contributed by atoms with Gasteiger partial charge in [0.25, 0.3) is 0 Å². The van der Waals surface area contributed by atoms with E-state index >= 15 is 0 Å². The highest BCUT2D eigenvalue weighted by Crippen LogP contribution is 2.73.